The summed E-state index contributed by atoms with van der Waals surface area (Å²) in [7, 11) is 0. The van der Waals surface area contributed by atoms with Gasteiger partial charge >= 0.3 is 5.97 Å². The molecule has 1 amide bonds. The zero-order chi connectivity index (χ0) is 15.5. The largest absolute Gasteiger partial charge is 0.480 e. The maximum atomic E-state index is 12.4. The Morgan fingerprint density at radius 1 is 1.09 bits per heavy atom. The van der Waals surface area contributed by atoms with E-state index in [1.54, 1.807) is 24.5 Å². The summed E-state index contributed by atoms with van der Waals surface area (Å²) in [6, 6.07) is 6.34. The summed E-state index contributed by atoms with van der Waals surface area (Å²) in [6.07, 6.45) is 6.10. The van der Waals surface area contributed by atoms with Crippen LogP contribution in [0.1, 0.15) is 23.2 Å². The van der Waals surface area contributed by atoms with Crippen LogP contribution in [0.2, 0.25) is 0 Å². The minimum Gasteiger partial charge on any atom is -0.480 e. The van der Waals surface area contributed by atoms with Crippen molar-refractivity contribution in [3.8, 4) is 11.1 Å². The van der Waals surface area contributed by atoms with Crippen molar-refractivity contribution in [2.45, 2.75) is 18.9 Å². The smallest absolute Gasteiger partial charge is 0.326 e. The van der Waals surface area contributed by atoms with E-state index in [9.17, 15) is 9.59 Å². The predicted molar refractivity (Wildman–Crippen MR) is 79.2 cm³/mol. The molecule has 1 saturated heterocycles. The second-order valence-electron chi connectivity index (χ2n) is 5.20. The fraction of sp³-hybridized carbons (Fsp3) is 0.250. The van der Waals surface area contributed by atoms with Gasteiger partial charge in [-0.25, -0.2) is 14.8 Å². The number of carbonyl (C=O) groups is 2. The van der Waals surface area contributed by atoms with Crippen molar-refractivity contribution in [3.63, 3.8) is 0 Å². The Labute approximate surface area is 127 Å². The number of benzene rings is 1. The second-order valence-corrected chi connectivity index (χ2v) is 5.20. The van der Waals surface area contributed by atoms with E-state index in [0.29, 0.717) is 18.5 Å². The van der Waals surface area contributed by atoms with Crippen molar-refractivity contribution in [2.75, 3.05) is 6.54 Å². The zero-order valence-electron chi connectivity index (χ0n) is 11.8. The molecule has 0 radical (unpaired) electrons. The monoisotopic (exact) mass is 297 g/mol. The zero-order valence-corrected chi connectivity index (χ0v) is 11.8. The molecule has 112 valence electrons. The molecule has 1 unspecified atom stereocenters. The summed E-state index contributed by atoms with van der Waals surface area (Å²) < 4.78 is 0. The first-order valence-electron chi connectivity index (χ1n) is 7.06. The molecule has 1 aliphatic heterocycles. The molecule has 0 aliphatic carbocycles. The quantitative estimate of drug-likeness (QED) is 0.934. The first-order chi connectivity index (χ1) is 10.7. The number of rotatable bonds is 3. The summed E-state index contributed by atoms with van der Waals surface area (Å²) in [5, 5.41) is 9.16. The average molecular weight is 297 g/mol. The van der Waals surface area contributed by atoms with E-state index in [4.69, 9.17) is 5.11 Å². The number of hydrogen-bond donors (Lipinski definition) is 1. The molecule has 0 saturated carbocycles. The van der Waals surface area contributed by atoms with Crippen molar-refractivity contribution in [3.05, 3.63) is 48.5 Å². The number of aromatic nitrogens is 2. The van der Waals surface area contributed by atoms with Crippen molar-refractivity contribution in [1.82, 2.24) is 14.9 Å². The van der Waals surface area contributed by atoms with Crippen molar-refractivity contribution < 1.29 is 14.7 Å². The third-order valence-electron chi connectivity index (χ3n) is 3.82. The van der Waals surface area contributed by atoms with Crippen LogP contribution in [0, 0.1) is 0 Å². The minimum absolute atomic E-state index is 0.235. The van der Waals surface area contributed by atoms with Gasteiger partial charge in [-0.2, -0.15) is 0 Å². The first-order valence-corrected chi connectivity index (χ1v) is 7.06. The Kier molecular flexibility index (Phi) is 3.82. The van der Waals surface area contributed by atoms with Gasteiger partial charge in [0.15, 0.2) is 0 Å². The second kappa shape index (κ2) is 5.93. The van der Waals surface area contributed by atoms with E-state index in [2.05, 4.69) is 9.97 Å². The summed E-state index contributed by atoms with van der Waals surface area (Å²) in [4.78, 5) is 33.0. The fourth-order valence-electron chi connectivity index (χ4n) is 2.69. The van der Waals surface area contributed by atoms with Crippen molar-refractivity contribution in [2.24, 2.45) is 0 Å². The molecular weight excluding hydrogens is 282 g/mol. The molecule has 1 aromatic carbocycles. The SMILES string of the molecule is O=C(O)C1CCCN1C(=O)c1ccc(-c2cncnc2)cc1. The molecule has 1 aliphatic rings. The third-order valence-corrected chi connectivity index (χ3v) is 3.82. The lowest BCUT2D eigenvalue weighted by Gasteiger charge is -2.21. The lowest BCUT2D eigenvalue weighted by molar-refractivity contribution is -0.141. The molecule has 1 N–H and O–H groups in total. The summed E-state index contributed by atoms with van der Waals surface area (Å²) in [5.74, 6) is -1.18. The van der Waals surface area contributed by atoms with Gasteiger partial charge in [-0.15, -0.1) is 0 Å². The Morgan fingerprint density at radius 3 is 2.41 bits per heavy atom. The number of carboxylic acid groups (broad SMARTS) is 1. The Morgan fingerprint density at radius 2 is 1.77 bits per heavy atom. The Hall–Kier alpha value is -2.76. The highest BCUT2D eigenvalue weighted by Gasteiger charge is 2.34. The van der Waals surface area contributed by atoms with Gasteiger partial charge in [0.2, 0.25) is 0 Å². The Bertz CT molecular complexity index is 686. The number of carbonyl (C=O) groups excluding carboxylic acids is 1. The highest BCUT2D eigenvalue weighted by molar-refractivity contribution is 5.97. The number of carboxylic acids is 1. The van der Waals surface area contributed by atoms with Crippen LogP contribution in [0.3, 0.4) is 0 Å². The van der Waals surface area contributed by atoms with Gasteiger partial charge in [-0.05, 0) is 30.5 Å². The van der Waals surface area contributed by atoms with Crippen LogP contribution in [-0.4, -0.2) is 44.4 Å². The normalized spacial score (nSPS) is 17.5. The average Bonchev–Trinajstić information content (AvgIpc) is 3.05. The number of likely N-dealkylation sites (tertiary alicyclic amines) is 1. The van der Waals surface area contributed by atoms with E-state index in [0.717, 1.165) is 17.5 Å². The number of aliphatic carboxylic acids is 1. The highest BCUT2D eigenvalue weighted by Crippen LogP contribution is 2.22. The lowest BCUT2D eigenvalue weighted by atomic mass is 10.1. The topological polar surface area (TPSA) is 83.4 Å². The van der Waals surface area contributed by atoms with Gasteiger partial charge in [0.25, 0.3) is 5.91 Å². The lowest BCUT2D eigenvalue weighted by Crippen LogP contribution is -2.40. The molecule has 2 aromatic rings. The van der Waals surface area contributed by atoms with Crippen LogP contribution in [-0.2, 0) is 4.79 Å². The molecule has 1 fully saturated rings. The molecule has 2 heterocycles. The first kappa shape index (κ1) is 14.2. The standard InChI is InChI=1S/C16H15N3O3/c20-15(19-7-1-2-14(19)16(21)22)12-5-3-11(4-6-12)13-8-17-10-18-9-13/h3-6,8-10,14H,1-2,7H2,(H,21,22). The van der Waals surface area contributed by atoms with E-state index in [1.165, 1.54) is 11.2 Å². The molecule has 22 heavy (non-hydrogen) atoms. The summed E-state index contributed by atoms with van der Waals surface area (Å²) in [6.45, 7) is 0.490. The molecule has 1 atom stereocenters. The van der Waals surface area contributed by atoms with E-state index in [-0.39, 0.29) is 5.91 Å². The van der Waals surface area contributed by atoms with Crippen molar-refractivity contribution in [1.29, 1.82) is 0 Å². The fourth-order valence-corrected chi connectivity index (χ4v) is 2.69. The van der Waals surface area contributed by atoms with Crippen LogP contribution < -0.4 is 0 Å². The molecular formula is C16H15N3O3. The van der Waals surface area contributed by atoms with Crippen LogP contribution in [0.4, 0.5) is 0 Å². The summed E-state index contributed by atoms with van der Waals surface area (Å²) in [5.41, 5.74) is 2.27. The number of amides is 1. The maximum Gasteiger partial charge on any atom is 0.326 e. The molecule has 3 rings (SSSR count). The minimum atomic E-state index is -0.941. The van der Waals surface area contributed by atoms with Crippen LogP contribution in [0.5, 0.6) is 0 Å². The molecule has 0 spiro atoms. The van der Waals surface area contributed by atoms with E-state index >= 15 is 0 Å². The van der Waals surface area contributed by atoms with Crippen LogP contribution in [0.25, 0.3) is 11.1 Å². The number of nitrogens with zero attached hydrogens (tertiary/aromatic N) is 3. The maximum absolute atomic E-state index is 12.4. The van der Waals surface area contributed by atoms with Crippen LogP contribution >= 0.6 is 0 Å². The predicted octanol–water partition coefficient (Wildman–Crippen LogP) is 1.83. The Balaban J connectivity index is 1.81. The molecule has 0 bridgehead atoms. The van der Waals surface area contributed by atoms with Gasteiger partial charge in [0, 0.05) is 30.1 Å². The number of hydrogen-bond acceptors (Lipinski definition) is 4. The molecule has 1 aromatic heterocycles. The van der Waals surface area contributed by atoms with Gasteiger partial charge in [0.05, 0.1) is 0 Å². The van der Waals surface area contributed by atoms with E-state index in [1.807, 2.05) is 12.1 Å². The van der Waals surface area contributed by atoms with Gasteiger partial charge < -0.3 is 10.0 Å². The van der Waals surface area contributed by atoms with Gasteiger partial charge in [-0.1, -0.05) is 12.1 Å². The van der Waals surface area contributed by atoms with Gasteiger partial charge in [-0.3, -0.25) is 4.79 Å². The third kappa shape index (κ3) is 2.67. The molecule has 6 nitrogen and oxygen atoms in total. The highest BCUT2D eigenvalue weighted by atomic mass is 16.4. The van der Waals surface area contributed by atoms with Crippen molar-refractivity contribution >= 4 is 11.9 Å². The van der Waals surface area contributed by atoms with E-state index < -0.39 is 12.0 Å². The van der Waals surface area contributed by atoms with Gasteiger partial charge in [0.1, 0.15) is 12.4 Å². The summed E-state index contributed by atoms with van der Waals surface area (Å²) >= 11 is 0. The molecule has 6 heteroatoms. The van der Waals surface area contributed by atoms with Crippen LogP contribution in [0.15, 0.2) is 43.0 Å².